The smallest absolute Gasteiger partial charge is 0.236 e. The molecule has 104 valence electrons. The minimum Gasteiger partial charge on any atom is -0.342 e. The molecule has 0 aliphatic carbocycles. The molecule has 1 saturated heterocycles. The zero-order chi connectivity index (χ0) is 13.7. The molecule has 1 amide bonds. The van der Waals surface area contributed by atoms with Gasteiger partial charge >= 0.3 is 0 Å². The first-order chi connectivity index (χ1) is 9.15. The Hall–Kier alpha value is -1.49. The van der Waals surface area contributed by atoms with Gasteiger partial charge in [0, 0.05) is 19.2 Å². The van der Waals surface area contributed by atoms with E-state index in [1.54, 1.807) is 0 Å². The van der Waals surface area contributed by atoms with Crippen molar-refractivity contribution in [1.82, 2.24) is 10.2 Å². The van der Waals surface area contributed by atoms with Gasteiger partial charge in [-0.25, -0.2) is 8.78 Å². The largest absolute Gasteiger partial charge is 0.342 e. The summed E-state index contributed by atoms with van der Waals surface area (Å²) in [6, 6.07) is 3.48. The first-order valence-corrected chi connectivity index (χ1v) is 6.58. The summed E-state index contributed by atoms with van der Waals surface area (Å²) in [5.41, 5.74) is 0.596. The molecule has 0 unspecified atom stereocenters. The summed E-state index contributed by atoms with van der Waals surface area (Å²) in [6.07, 6.45) is 2.66. The number of halogens is 2. The Morgan fingerprint density at radius 3 is 2.42 bits per heavy atom. The van der Waals surface area contributed by atoms with Crippen molar-refractivity contribution in [3.8, 4) is 0 Å². The maximum Gasteiger partial charge on any atom is 0.236 e. The molecule has 0 radical (unpaired) electrons. The number of carbonyl (C=O) groups is 1. The molecule has 0 spiro atoms. The molecule has 1 heterocycles. The van der Waals surface area contributed by atoms with Crippen LogP contribution in [0.2, 0.25) is 0 Å². The van der Waals surface area contributed by atoms with Crippen LogP contribution in [-0.2, 0) is 11.2 Å². The Morgan fingerprint density at radius 2 is 1.79 bits per heavy atom. The van der Waals surface area contributed by atoms with Gasteiger partial charge in [-0.3, -0.25) is 4.79 Å². The summed E-state index contributed by atoms with van der Waals surface area (Å²) in [6.45, 7) is 2.51. The average molecular weight is 268 g/mol. The number of carbonyl (C=O) groups excluding carboxylic acids is 1. The zero-order valence-corrected chi connectivity index (χ0v) is 10.8. The summed E-state index contributed by atoms with van der Waals surface area (Å²) in [4.78, 5) is 13.6. The van der Waals surface area contributed by atoms with Crippen LogP contribution < -0.4 is 5.32 Å². The van der Waals surface area contributed by atoms with Crippen LogP contribution in [0.4, 0.5) is 8.78 Å². The van der Waals surface area contributed by atoms with Gasteiger partial charge in [0.15, 0.2) is 0 Å². The molecule has 1 N–H and O–H groups in total. The van der Waals surface area contributed by atoms with E-state index in [9.17, 15) is 13.6 Å². The van der Waals surface area contributed by atoms with Crippen molar-refractivity contribution >= 4 is 5.91 Å². The van der Waals surface area contributed by atoms with Gasteiger partial charge in [0.1, 0.15) is 11.6 Å². The number of nitrogens with one attached hydrogen (secondary N) is 1. The van der Waals surface area contributed by atoms with E-state index in [-0.39, 0.29) is 12.5 Å². The second kappa shape index (κ2) is 6.61. The van der Waals surface area contributed by atoms with Crippen molar-refractivity contribution in [3.05, 3.63) is 35.4 Å². The summed E-state index contributed by atoms with van der Waals surface area (Å²) in [5.74, 6) is -1.03. The molecular weight excluding hydrogens is 250 g/mol. The highest BCUT2D eigenvalue weighted by atomic mass is 19.1. The first-order valence-electron chi connectivity index (χ1n) is 6.58. The zero-order valence-electron chi connectivity index (χ0n) is 10.8. The second-order valence-electron chi connectivity index (χ2n) is 4.79. The van der Waals surface area contributed by atoms with Crippen LogP contribution >= 0.6 is 0 Å². The van der Waals surface area contributed by atoms with Gasteiger partial charge in [-0.15, -0.1) is 0 Å². The number of likely N-dealkylation sites (tertiary alicyclic amines) is 1. The molecule has 0 saturated carbocycles. The topological polar surface area (TPSA) is 32.3 Å². The van der Waals surface area contributed by atoms with E-state index in [4.69, 9.17) is 0 Å². The number of nitrogens with zero attached hydrogens (tertiary/aromatic N) is 1. The first kappa shape index (κ1) is 13.9. The Morgan fingerprint density at radius 1 is 1.16 bits per heavy atom. The van der Waals surface area contributed by atoms with Crippen LogP contribution in [0.3, 0.4) is 0 Å². The lowest BCUT2D eigenvalue weighted by Crippen LogP contribution is -2.36. The van der Waals surface area contributed by atoms with Crippen molar-refractivity contribution < 1.29 is 13.6 Å². The molecule has 0 atom stereocenters. The van der Waals surface area contributed by atoms with Crippen molar-refractivity contribution in [1.29, 1.82) is 0 Å². The quantitative estimate of drug-likeness (QED) is 0.825. The van der Waals surface area contributed by atoms with Gasteiger partial charge in [0.25, 0.3) is 0 Å². The summed E-state index contributed by atoms with van der Waals surface area (Å²) in [7, 11) is 0. The average Bonchev–Trinajstić information content (AvgIpc) is 2.87. The van der Waals surface area contributed by atoms with E-state index in [0.717, 1.165) is 32.0 Å². The fourth-order valence-corrected chi connectivity index (χ4v) is 2.26. The molecular formula is C14H18F2N2O. The Balaban J connectivity index is 1.70. The third-order valence-electron chi connectivity index (χ3n) is 3.25. The molecule has 1 fully saturated rings. The third kappa shape index (κ3) is 4.28. The van der Waals surface area contributed by atoms with Crippen LogP contribution in [0, 0.1) is 11.6 Å². The van der Waals surface area contributed by atoms with E-state index in [2.05, 4.69) is 5.32 Å². The highest BCUT2D eigenvalue weighted by molar-refractivity contribution is 5.78. The van der Waals surface area contributed by atoms with E-state index in [1.807, 2.05) is 4.90 Å². The van der Waals surface area contributed by atoms with Crippen LogP contribution in [-0.4, -0.2) is 37.0 Å². The fraction of sp³-hybridized carbons (Fsp3) is 0.500. The number of hydrogen-bond acceptors (Lipinski definition) is 2. The molecule has 1 aliphatic rings. The maximum atomic E-state index is 12.9. The van der Waals surface area contributed by atoms with Crippen LogP contribution in [0.5, 0.6) is 0 Å². The number of benzene rings is 1. The highest BCUT2D eigenvalue weighted by Crippen LogP contribution is 2.08. The lowest BCUT2D eigenvalue weighted by atomic mass is 10.1. The fourth-order valence-electron chi connectivity index (χ4n) is 2.26. The van der Waals surface area contributed by atoms with Gasteiger partial charge < -0.3 is 10.2 Å². The maximum absolute atomic E-state index is 12.9. The van der Waals surface area contributed by atoms with Gasteiger partial charge in [-0.2, -0.15) is 0 Å². The van der Waals surface area contributed by atoms with Crippen LogP contribution in [0.1, 0.15) is 18.4 Å². The summed E-state index contributed by atoms with van der Waals surface area (Å²) >= 11 is 0. The van der Waals surface area contributed by atoms with Gasteiger partial charge in [0.2, 0.25) is 5.91 Å². The third-order valence-corrected chi connectivity index (χ3v) is 3.25. The molecule has 0 bridgehead atoms. The molecule has 2 rings (SSSR count). The summed E-state index contributed by atoms with van der Waals surface area (Å²) < 4.78 is 25.9. The predicted molar refractivity (Wildman–Crippen MR) is 68.7 cm³/mol. The minimum atomic E-state index is -0.567. The molecule has 1 aromatic rings. The number of hydrogen-bond donors (Lipinski definition) is 1. The van der Waals surface area contributed by atoms with Gasteiger partial charge in [0.05, 0.1) is 6.54 Å². The van der Waals surface area contributed by atoms with Crippen molar-refractivity contribution in [2.24, 2.45) is 0 Å². The van der Waals surface area contributed by atoms with Crippen LogP contribution in [0.15, 0.2) is 18.2 Å². The van der Waals surface area contributed by atoms with Gasteiger partial charge in [-0.05, 0) is 43.5 Å². The van der Waals surface area contributed by atoms with E-state index in [0.29, 0.717) is 18.5 Å². The Labute approximate surface area is 111 Å². The van der Waals surface area contributed by atoms with Crippen molar-refractivity contribution in [3.63, 3.8) is 0 Å². The molecule has 19 heavy (non-hydrogen) atoms. The van der Waals surface area contributed by atoms with Crippen molar-refractivity contribution in [2.75, 3.05) is 26.2 Å². The summed E-state index contributed by atoms with van der Waals surface area (Å²) in [5, 5.41) is 3.01. The SMILES string of the molecule is O=C(CNCCc1cc(F)cc(F)c1)N1CCCC1. The minimum absolute atomic E-state index is 0.0999. The van der Waals surface area contributed by atoms with Gasteiger partial charge in [-0.1, -0.05) is 0 Å². The van der Waals surface area contributed by atoms with Crippen LogP contribution in [0.25, 0.3) is 0 Å². The van der Waals surface area contributed by atoms with E-state index in [1.165, 1.54) is 12.1 Å². The molecule has 0 aromatic heterocycles. The van der Waals surface area contributed by atoms with Crippen molar-refractivity contribution in [2.45, 2.75) is 19.3 Å². The monoisotopic (exact) mass is 268 g/mol. The Bertz CT molecular complexity index is 425. The number of rotatable bonds is 5. The normalized spacial score (nSPS) is 14.9. The molecule has 1 aromatic carbocycles. The predicted octanol–water partition coefficient (Wildman–Crippen LogP) is 1.72. The lowest BCUT2D eigenvalue weighted by molar-refractivity contribution is -0.129. The highest BCUT2D eigenvalue weighted by Gasteiger charge is 2.16. The number of amides is 1. The molecule has 5 heteroatoms. The molecule has 3 nitrogen and oxygen atoms in total. The molecule has 1 aliphatic heterocycles. The second-order valence-corrected chi connectivity index (χ2v) is 4.79. The Kier molecular flexibility index (Phi) is 4.85. The lowest BCUT2D eigenvalue weighted by Gasteiger charge is -2.15. The van der Waals surface area contributed by atoms with E-state index >= 15 is 0 Å². The standard InChI is InChI=1S/C14H18F2N2O/c15-12-7-11(8-13(16)9-12)3-4-17-10-14(19)18-5-1-2-6-18/h7-9,17H,1-6,10H2. The van der Waals surface area contributed by atoms with E-state index < -0.39 is 11.6 Å².